The van der Waals surface area contributed by atoms with E-state index in [0.717, 1.165) is 17.9 Å². The molecule has 2 heteroatoms. The van der Waals surface area contributed by atoms with E-state index < -0.39 is 0 Å². The van der Waals surface area contributed by atoms with Crippen LogP contribution in [0.25, 0.3) is 0 Å². The molecule has 0 amide bonds. The third-order valence-corrected chi connectivity index (χ3v) is 4.92. The number of hydrogen-bond donors (Lipinski definition) is 1. The molecule has 1 rings (SSSR count). The van der Waals surface area contributed by atoms with Gasteiger partial charge in [-0.2, -0.15) is 0 Å². The third-order valence-electron chi connectivity index (χ3n) is 4.92. The second kappa shape index (κ2) is 10.6. The Labute approximate surface area is 127 Å². The highest BCUT2D eigenvalue weighted by molar-refractivity contribution is 4.86. The van der Waals surface area contributed by atoms with Gasteiger partial charge in [0.05, 0.1) is 0 Å². The first kappa shape index (κ1) is 18.0. The van der Waals surface area contributed by atoms with Gasteiger partial charge in [0.25, 0.3) is 0 Å². The van der Waals surface area contributed by atoms with Crippen LogP contribution in [0.15, 0.2) is 0 Å². The fourth-order valence-electron chi connectivity index (χ4n) is 3.86. The van der Waals surface area contributed by atoms with E-state index in [1.807, 2.05) is 0 Å². The molecule has 1 aliphatic carbocycles. The summed E-state index contributed by atoms with van der Waals surface area (Å²) in [5.41, 5.74) is 0. The maximum absolute atomic E-state index is 3.83. The van der Waals surface area contributed by atoms with Gasteiger partial charge in [-0.3, -0.25) is 0 Å². The van der Waals surface area contributed by atoms with Crippen LogP contribution in [0.4, 0.5) is 0 Å². The molecule has 0 heterocycles. The van der Waals surface area contributed by atoms with Crippen molar-refractivity contribution in [2.75, 3.05) is 26.2 Å². The molecule has 0 aromatic rings. The summed E-state index contributed by atoms with van der Waals surface area (Å²) in [6.45, 7) is 14.2. The Morgan fingerprint density at radius 3 is 2.40 bits per heavy atom. The predicted molar refractivity (Wildman–Crippen MR) is 90.2 cm³/mol. The lowest BCUT2D eigenvalue weighted by Crippen LogP contribution is -2.46. The van der Waals surface area contributed by atoms with Crippen molar-refractivity contribution in [3.05, 3.63) is 0 Å². The monoisotopic (exact) mass is 282 g/mol. The molecule has 1 aliphatic rings. The summed E-state index contributed by atoms with van der Waals surface area (Å²) in [6.07, 6.45) is 9.65. The van der Waals surface area contributed by atoms with Crippen LogP contribution in [0.5, 0.6) is 0 Å². The minimum absolute atomic E-state index is 0.772. The van der Waals surface area contributed by atoms with Gasteiger partial charge < -0.3 is 10.2 Å². The molecule has 0 spiro atoms. The van der Waals surface area contributed by atoms with Gasteiger partial charge in [0.2, 0.25) is 0 Å². The first-order chi connectivity index (χ1) is 9.74. The molecule has 0 aromatic carbocycles. The van der Waals surface area contributed by atoms with Gasteiger partial charge in [-0.05, 0) is 63.6 Å². The minimum atomic E-state index is 0.772. The van der Waals surface area contributed by atoms with Crippen LogP contribution in [0.3, 0.4) is 0 Å². The lowest BCUT2D eigenvalue weighted by atomic mass is 9.76. The van der Waals surface area contributed by atoms with Gasteiger partial charge in [0.1, 0.15) is 0 Å². The maximum Gasteiger partial charge on any atom is 0.0108 e. The summed E-state index contributed by atoms with van der Waals surface area (Å²) in [4.78, 5) is 2.67. The van der Waals surface area contributed by atoms with Crippen molar-refractivity contribution in [2.24, 2.45) is 11.8 Å². The average molecular weight is 283 g/mol. The summed E-state index contributed by atoms with van der Waals surface area (Å²) < 4.78 is 0. The maximum atomic E-state index is 3.83. The van der Waals surface area contributed by atoms with Crippen molar-refractivity contribution >= 4 is 0 Å². The highest BCUT2D eigenvalue weighted by Crippen LogP contribution is 2.32. The van der Waals surface area contributed by atoms with E-state index in [9.17, 15) is 0 Å². The minimum Gasteiger partial charge on any atom is -0.314 e. The Hall–Kier alpha value is -0.0800. The highest BCUT2D eigenvalue weighted by atomic mass is 15.1. The number of nitrogens with one attached hydrogen (secondary N) is 1. The SMILES string of the molecule is CCCNC1CCC(CCC)CC1CN(CC)CCC. The highest BCUT2D eigenvalue weighted by Gasteiger charge is 2.30. The summed E-state index contributed by atoms with van der Waals surface area (Å²) in [5, 5.41) is 3.83. The second-order valence-corrected chi connectivity index (χ2v) is 6.68. The molecule has 0 saturated heterocycles. The normalized spacial score (nSPS) is 27.1. The van der Waals surface area contributed by atoms with E-state index in [0.29, 0.717) is 0 Å². The molecule has 0 bridgehead atoms. The second-order valence-electron chi connectivity index (χ2n) is 6.68. The van der Waals surface area contributed by atoms with Crippen molar-refractivity contribution in [2.45, 2.75) is 78.7 Å². The largest absolute Gasteiger partial charge is 0.314 e. The van der Waals surface area contributed by atoms with E-state index in [4.69, 9.17) is 0 Å². The average Bonchev–Trinajstić information content (AvgIpc) is 2.46. The molecule has 1 saturated carbocycles. The standard InChI is InChI=1S/C18H38N2/c1-5-9-16-10-11-18(19-12-6-2)17(14-16)15-20(8-4)13-7-3/h16-19H,5-15H2,1-4H3. The van der Waals surface area contributed by atoms with Crippen molar-refractivity contribution in [1.29, 1.82) is 0 Å². The third kappa shape index (κ3) is 6.13. The van der Waals surface area contributed by atoms with Crippen molar-refractivity contribution in [3.63, 3.8) is 0 Å². The molecular formula is C18H38N2. The first-order valence-electron chi connectivity index (χ1n) is 9.20. The Bertz CT molecular complexity index is 229. The van der Waals surface area contributed by atoms with E-state index in [-0.39, 0.29) is 0 Å². The topological polar surface area (TPSA) is 15.3 Å². The van der Waals surface area contributed by atoms with Crippen LogP contribution in [-0.4, -0.2) is 37.1 Å². The molecule has 0 aliphatic heterocycles. The lowest BCUT2D eigenvalue weighted by Gasteiger charge is -2.39. The molecule has 120 valence electrons. The summed E-state index contributed by atoms with van der Waals surface area (Å²) in [6, 6.07) is 0.772. The Morgan fingerprint density at radius 1 is 1.00 bits per heavy atom. The van der Waals surface area contributed by atoms with Crippen LogP contribution < -0.4 is 5.32 Å². The van der Waals surface area contributed by atoms with Gasteiger partial charge >= 0.3 is 0 Å². The quantitative estimate of drug-likeness (QED) is 0.642. The molecule has 20 heavy (non-hydrogen) atoms. The number of rotatable bonds is 10. The molecule has 3 unspecified atom stereocenters. The van der Waals surface area contributed by atoms with Gasteiger partial charge in [0, 0.05) is 12.6 Å². The van der Waals surface area contributed by atoms with Crippen LogP contribution in [0.1, 0.15) is 72.6 Å². The fourth-order valence-corrected chi connectivity index (χ4v) is 3.86. The predicted octanol–water partition coefficient (Wildman–Crippen LogP) is 4.30. The Morgan fingerprint density at radius 2 is 1.80 bits per heavy atom. The van der Waals surface area contributed by atoms with Gasteiger partial charge in [0.15, 0.2) is 0 Å². The molecule has 3 atom stereocenters. The molecule has 0 aromatic heterocycles. The summed E-state index contributed by atoms with van der Waals surface area (Å²) in [7, 11) is 0. The Balaban J connectivity index is 2.55. The van der Waals surface area contributed by atoms with Crippen molar-refractivity contribution < 1.29 is 0 Å². The van der Waals surface area contributed by atoms with E-state index in [1.54, 1.807) is 0 Å². The number of nitrogens with zero attached hydrogens (tertiary/aromatic N) is 1. The van der Waals surface area contributed by atoms with Gasteiger partial charge in [-0.1, -0.05) is 40.5 Å². The molecular weight excluding hydrogens is 244 g/mol. The van der Waals surface area contributed by atoms with Crippen molar-refractivity contribution in [1.82, 2.24) is 10.2 Å². The summed E-state index contributed by atoms with van der Waals surface area (Å²) in [5.74, 6) is 1.86. The van der Waals surface area contributed by atoms with Crippen LogP contribution >= 0.6 is 0 Å². The van der Waals surface area contributed by atoms with E-state index in [1.165, 1.54) is 71.1 Å². The Kier molecular flexibility index (Phi) is 9.54. The molecule has 0 radical (unpaired) electrons. The van der Waals surface area contributed by atoms with Gasteiger partial charge in [-0.25, -0.2) is 0 Å². The van der Waals surface area contributed by atoms with Crippen LogP contribution in [-0.2, 0) is 0 Å². The molecule has 2 nitrogen and oxygen atoms in total. The zero-order chi connectivity index (χ0) is 14.8. The first-order valence-corrected chi connectivity index (χ1v) is 9.20. The van der Waals surface area contributed by atoms with Crippen LogP contribution in [0, 0.1) is 11.8 Å². The fraction of sp³-hybridized carbons (Fsp3) is 1.00. The molecule has 1 fully saturated rings. The number of hydrogen-bond acceptors (Lipinski definition) is 2. The smallest absolute Gasteiger partial charge is 0.0108 e. The van der Waals surface area contributed by atoms with Gasteiger partial charge in [-0.15, -0.1) is 0 Å². The van der Waals surface area contributed by atoms with Crippen molar-refractivity contribution in [3.8, 4) is 0 Å². The zero-order valence-electron chi connectivity index (χ0n) is 14.5. The molecule has 1 N–H and O–H groups in total. The van der Waals surface area contributed by atoms with Crippen LogP contribution in [0.2, 0.25) is 0 Å². The summed E-state index contributed by atoms with van der Waals surface area (Å²) >= 11 is 0. The van der Waals surface area contributed by atoms with E-state index in [2.05, 4.69) is 37.9 Å². The van der Waals surface area contributed by atoms with E-state index >= 15 is 0 Å². The zero-order valence-corrected chi connectivity index (χ0v) is 14.5. The lowest BCUT2D eigenvalue weighted by molar-refractivity contribution is 0.138.